The molecule has 0 aliphatic carbocycles. The molecule has 4 nitrogen and oxygen atoms in total. The first-order valence-electron chi connectivity index (χ1n) is 5.39. The van der Waals surface area contributed by atoms with Crippen molar-refractivity contribution in [3.8, 4) is 0 Å². The first-order valence-corrected chi connectivity index (χ1v) is 7.19. The average molecular weight is 272 g/mol. The Hall–Kier alpha value is -0.320. The Bertz CT molecular complexity index is 311. The van der Waals surface area contributed by atoms with Crippen molar-refractivity contribution < 1.29 is 27.9 Å². The first kappa shape index (κ1) is 16.7. The second-order valence-electron chi connectivity index (χ2n) is 4.89. The zero-order valence-electron chi connectivity index (χ0n) is 10.2. The maximum atomic E-state index is 13.4. The van der Waals surface area contributed by atoms with Crippen molar-refractivity contribution in [2.75, 3.05) is 6.16 Å². The quantitative estimate of drug-likeness (QED) is 0.698. The fraction of sp³-hybridized carbons (Fsp3) is 0.900. The molecule has 0 rings (SSSR count). The minimum absolute atomic E-state index is 0.234. The molecule has 0 saturated heterocycles. The summed E-state index contributed by atoms with van der Waals surface area (Å²) in [5, 5.41) is 0. The van der Waals surface area contributed by atoms with Gasteiger partial charge in [-0.15, -0.1) is 0 Å². The Morgan fingerprint density at radius 3 is 2.12 bits per heavy atom. The highest BCUT2D eigenvalue weighted by atomic mass is 31.2. The van der Waals surface area contributed by atoms with Gasteiger partial charge in [-0.3, -0.25) is 9.36 Å². The lowest BCUT2D eigenvalue weighted by molar-refractivity contribution is -0.142. The number of rotatable bonds is 7. The number of hydrogen-bond donors (Lipinski definition) is 2. The van der Waals surface area contributed by atoms with Gasteiger partial charge in [-0.05, 0) is 18.3 Å². The number of hydrogen-bond acceptors (Lipinski definition) is 2. The van der Waals surface area contributed by atoms with E-state index in [2.05, 4.69) is 0 Å². The fourth-order valence-electron chi connectivity index (χ4n) is 1.74. The molecule has 102 valence electrons. The van der Waals surface area contributed by atoms with Crippen molar-refractivity contribution >= 4 is 13.4 Å². The SMILES string of the molecule is CC(C)C[C@@H](C)CC(F)(F)C(=O)CP(=O)(O)O. The molecule has 0 radical (unpaired) electrons. The molecular formula is C10H19F2O4P. The Labute approximate surface area is 99.6 Å². The van der Waals surface area contributed by atoms with Crippen LogP contribution in [0.1, 0.15) is 33.6 Å². The number of carbonyl (C=O) groups excluding carboxylic acids is 1. The Morgan fingerprint density at radius 2 is 1.76 bits per heavy atom. The van der Waals surface area contributed by atoms with Crippen LogP contribution in [0.15, 0.2) is 0 Å². The molecule has 0 bridgehead atoms. The predicted molar refractivity (Wildman–Crippen MR) is 60.1 cm³/mol. The molecule has 2 N–H and O–H groups in total. The van der Waals surface area contributed by atoms with E-state index in [0.29, 0.717) is 6.42 Å². The van der Waals surface area contributed by atoms with Gasteiger partial charge in [0.1, 0.15) is 6.16 Å². The van der Waals surface area contributed by atoms with Crippen LogP contribution in [0, 0.1) is 11.8 Å². The van der Waals surface area contributed by atoms with Crippen molar-refractivity contribution in [1.82, 2.24) is 0 Å². The molecule has 0 aliphatic rings. The monoisotopic (exact) mass is 272 g/mol. The molecule has 0 fully saturated rings. The third-order valence-electron chi connectivity index (χ3n) is 2.24. The number of ketones is 1. The van der Waals surface area contributed by atoms with Gasteiger partial charge in [-0.2, -0.15) is 8.78 Å². The largest absolute Gasteiger partial charge is 0.333 e. The number of alkyl halides is 2. The standard InChI is InChI=1S/C10H19F2O4P/c1-7(2)4-8(3)5-10(11,12)9(13)6-17(14,15)16/h7-8H,4-6H2,1-3H3,(H2,14,15,16)/t8-/m1/s1. The molecule has 0 spiro atoms. The van der Waals surface area contributed by atoms with Crippen LogP contribution in [0.5, 0.6) is 0 Å². The van der Waals surface area contributed by atoms with E-state index in [1.165, 1.54) is 0 Å². The van der Waals surface area contributed by atoms with Gasteiger partial charge in [0.05, 0.1) is 0 Å². The normalized spacial score (nSPS) is 15.1. The highest BCUT2D eigenvalue weighted by molar-refractivity contribution is 7.52. The van der Waals surface area contributed by atoms with Crippen molar-refractivity contribution in [3.63, 3.8) is 0 Å². The van der Waals surface area contributed by atoms with Crippen molar-refractivity contribution in [3.05, 3.63) is 0 Å². The highest BCUT2D eigenvalue weighted by Gasteiger charge is 2.42. The first-order chi connectivity index (χ1) is 7.44. The molecule has 0 amide bonds. The van der Waals surface area contributed by atoms with Gasteiger partial charge in [0, 0.05) is 6.42 Å². The van der Waals surface area contributed by atoms with Crippen LogP contribution >= 0.6 is 7.60 Å². The van der Waals surface area contributed by atoms with Gasteiger partial charge in [0.25, 0.3) is 0 Å². The summed E-state index contributed by atoms with van der Waals surface area (Å²) in [6.45, 7) is 5.36. The molecule has 0 aromatic rings. The van der Waals surface area contributed by atoms with Crippen LogP contribution in [0.2, 0.25) is 0 Å². The Kier molecular flexibility index (Phi) is 5.91. The summed E-state index contributed by atoms with van der Waals surface area (Å²) in [5.41, 5.74) is 0. The Morgan fingerprint density at radius 1 is 1.29 bits per heavy atom. The van der Waals surface area contributed by atoms with E-state index >= 15 is 0 Å². The Balaban J connectivity index is 4.46. The van der Waals surface area contributed by atoms with E-state index in [1.807, 2.05) is 13.8 Å². The lowest BCUT2D eigenvalue weighted by Gasteiger charge is -2.20. The maximum absolute atomic E-state index is 13.4. The van der Waals surface area contributed by atoms with Crippen molar-refractivity contribution in [2.45, 2.75) is 39.5 Å². The topological polar surface area (TPSA) is 74.6 Å². The summed E-state index contributed by atoms with van der Waals surface area (Å²) in [5.74, 6) is -5.47. The van der Waals surface area contributed by atoms with Gasteiger partial charge in [-0.25, -0.2) is 0 Å². The molecular weight excluding hydrogens is 253 g/mol. The van der Waals surface area contributed by atoms with Gasteiger partial charge in [0.2, 0.25) is 5.78 Å². The van der Waals surface area contributed by atoms with Crippen LogP contribution in [-0.2, 0) is 9.36 Å². The van der Waals surface area contributed by atoms with E-state index in [-0.39, 0.29) is 11.8 Å². The van der Waals surface area contributed by atoms with Gasteiger partial charge in [-0.1, -0.05) is 20.8 Å². The van der Waals surface area contributed by atoms with Gasteiger partial charge < -0.3 is 9.79 Å². The molecule has 7 heteroatoms. The van der Waals surface area contributed by atoms with Gasteiger partial charge >= 0.3 is 13.5 Å². The van der Waals surface area contributed by atoms with E-state index in [4.69, 9.17) is 9.79 Å². The van der Waals surface area contributed by atoms with Crippen LogP contribution in [0.25, 0.3) is 0 Å². The third-order valence-corrected chi connectivity index (χ3v) is 2.94. The van der Waals surface area contributed by atoms with E-state index in [9.17, 15) is 18.1 Å². The molecule has 0 saturated carbocycles. The van der Waals surface area contributed by atoms with Gasteiger partial charge in [0.15, 0.2) is 0 Å². The number of carbonyl (C=O) groups is 1. The third kappa shape index (κ3) is 7.58. The smallest absolute Gasteiger partial charge is 0.324 e. The molecule has 0 aromatic heterocycles. The lowest BCUT2D eigenvalue weighted by atomic mass is 9.92. The predicted octanol–water partition coefficient (Wildman–Crippen LogP) is 2.44. The van der Waals surface area contributed by atoms with E-state index < -0.39 is 31.9 Å². The zero-order chi connectivity index (χ0) is 13.9. The van der Waals surface area contributed by atoms with Crippen molar-refractivity contribution in [1.29, 1.82) is 0 Å². The summed E-state index contributed by atoms with van der Waals surface area (Å²) < 4.78 is 37.2. The number of Topliss-reactive ketones (excluding diaryl/α,β-unsaturated/α-hetero) is 1. The van der Waals surface area contributed by atoms with Crippen LogP contribution < -0.4 is 0 Å². The maximum Gasteiger partial charge on any atom is 0.333 e. The second-order valence-corrected chi connectivity index (χ2v) is 6.53. The molecule has 0 heterocycles. The summed E-state index contributed by atoms with van der Waals surface area (Å²) in [6, 6.07) is 0. The molecule has 0 aromatic carbocycles. The van der Waals surface area contributed by atoms with Crippen molar-refractivity contribution in [2.24, 2.45) is 11.8 Å². The summed E-state index contributed by atoms with van der Waals surface area (Å²) in [6.07, 6.45) is -1.52. The van der Waals surface area contributed by atoms with E-state index in [0.717, 1.165) is 0 Å². The lowest BCUT2D eigenvalue weighted by Crippen LogP contribution is -2.33. The highest BCUT2D eigenvalue weighted by Crippen LogP contribution is 2.38. The summed E-state index contributed by atoms with van der Waals surface area (Å²) in [7, 11) is -4.72. The molecule has 0 aliphatic heterocycles. The molecule has 0 unspecified atom stereocenters. The second kappa shape index (κ2) is 6.03. The minimum atomic E-state index is -4.72. The van der Waals surface area contributed by atoms with Crippen LogP contribution in [0.4, 0.5) is 8.78 Å². The zero-order valence-corrected chi connectivity index (χ0v) is 11.1. The number of halogens is 2. The van der Waals surface area contributed by atoms with Crippen LogP contribution in [0.3, 0.4) is 0 Å². The fourth-order valence-corrected chi connectivity index (χ4v) is 2.35. The average Bonchev–Trinajstić information content (AvgIpc) is 1.96. The molecule has 17 heavy (non-hydrogen) atoms. The summed E-state index contributed by atoms with van der Waals surface area (Å²) in [4.78, 5) is 28.0. The summed E-state index contributed by atoms with van der Waals surface area (Å²) >= 11 is 0. The minimum Gasteiger partial charge on any atom is -0.324 e. The van der Waals surface area contributed by atoms with Crippen LogP contribution in [-0.4, -0.2) is 27.7 Å². The molecule has 1 atom stereocenters. The van der Waals surface area contributed by atoms with E-state index in [1.54, 1.807) is 6.92 Å².